The summed E-state index contributed by atoms with van der Waals surface area (Å²) in [7, 11) is 0. The van der Waals surface area contributed by atoms with E-state index in [2.05, 4.69) is 58.4 Å². The van der Waals surface area contributed by atoms with Crippen molar-refractivity contribution in [1.29, 1.82) is 0 Å². The quantitative estimate of drug-likeness (QED) is 0.518. The normalized spacial score (nSPS) is 39.7. The van der Waals surface area contributed by atoms with Crippen LogP contribution in [0.3, 0.4) is 0 Å². The Labute approximate surface area is 188 Å². The average molecular weight is 423 g/mol. The summed E-state index contributed by atoms with van der Waals surface area (Å²) in [4.78, 5) is 19.1. The number of ether oxygens (including phenoxy) is 1. The fourth-order valence-electron chi connectivity index (χ4n) is 8.31. The fraction of sp³-hybridized carbons (Fsp3) is 0.393. The Morgan fingerprint density at radius 2 is 1.91 bits per heavy atom. The summed E-state index contributed by atoms with van der Waals surface area (Å²) in [6.45, 7) is 2.81. The topological polar surface area (TPSA) is 32.8 Å². The molecule has 2 aromatic rings. The van der Waals surface area contributed by atoms with Gasteiger partial charge in [-0.3, -0.25) is 9.69 Å². The lowest BCUT2D eigenvalue weighted by Crippen LogP contribution is -2.69. The molecule has 0 radical (unpaired) electrons. The summed E-state index contributed by atoms with van der Waals surface area (Å²) in [6, 6.07) is 19.7. The van der Waals surface area contributed by atoms with Crippen LogP contribution < -0.4 is 4.90 Å². The standard InChI is InChI=1S/C28H26N2O2/c31-27-20(14-17-6-2-1-3-7-17)25-24-19-15-23-28(11-12-29(23)16-18(19)10-13-32-25)21-8-4-5-9-22(21)30(27)26(24)28/h1-10,14,19,23-26H,11-13,15-16H2/t19-,23-,24-,25-,26-,28+/m0/s1. The van der Waals surface area contributed by atoms with E-state index in [-0.39, 0.29) is 23.5 Å². The highest BCUT2D eigenvalue weighted by molar-refractivity contribution is 6.12. The van der Waals surface area contributed by atoms with Gasteiger partial charge in [0, 0.05) is 35.2 Å². The Balaban J connectivity index is 1.40. The van der Waals surface area contributed by atoms with Gasteiger partial charge in [-0.25, -0.2) is 0 Å². The van der Waals surface area contributed by atoms with Crippen molar-refractivity contribution in [1.82, 2.24) is 4.90 Å². The monoisotopic (exact) mass is 422 g/mol. The van der Waals surface area contributed by atoms with Crippen LogP contribution in [0.25, 0.3) is 6.08 Å². The van der Waals surface area contributed by atoms with Gasteiger partial charge in [0.1, 0.15) is 0 Å². The Kier molecular flexibility index (Phi) is 3.34. The van der Waals surface area contributed by atoms with Gasteiger partial charge in [-0.2, -0.15) is 0 Å². The van der Waals surface area contributed by atoms with E-state index in [4.69, 9.17) is 4.74 Å². The van der Waals surface area contributed by atoms with Crippen LogP contribution >= 0.6 is 0 Å². The number of hydrogen-bond acceptors (Lipinski definition) is 3. The van der Waals surface area contributed by atoms with Crippen molar-refractivity contribution in [2.45, 2.75) is 36.4 Å². The minimum absolute atomic E-state index is 0.0448. The van der Waals surface area contributed by atoms with Crippen LogP contribution in [0.4, 0.5) is 5.69 Å². The predicted octanol–water partition coefficient (Wildman–Crippen LogP) is 3.79. The van der Waals surface area contributed by atoms with Crippen molar-refractivity contribution in [2.24, 2.45) is 11.8 Å². The molecular weight excluding hydrogens is 396 g/mol. The highest BCUT2D eigenvalue weighted by Crippen LogP contribution is 2.66. The minimum Gasteiger partial charge on any atom is -0.369 e. The maximum atomic E-state index is 14.2. The second-order valence-electron chi connectivity index (χ2n) is 10.4. The molecule has 8 rings (SSSR count). The van der Waals surface area contributed by atoms with Gasteiger partial charge < -0.3 is 9.64 Å². The van der Waals surface area contributed by atoms with Crippen LogP contribution in [-0.2, 0) is 14.9 Å². The zero-order chi connectivity index (χ0) is 21.0. The number of anilines is 1. The summed E-state index contributed by atoms with van der Waals surface area (Å²) in [5.74, 6) is 0.968. The molecule has 32 heavy (non-hydrogen) atoms. The van der Waals surface area contributed by atoms with Crippen molar-refractivity contribution in [3.8, 4) is 0 Å². The zero-order valence-electron chi connectivity index (χ0n) is 18.0. The molecule has 160 valence electrons. The Morgan fingerprint density at radius 1 is 1.06 bits per heavy atom. The van der Waals surface area contributed by atoms with Crippen LogP contribution in [0.15, 0.2) is 71.8 Å². The van der Waals surface area contributed by atoms with Gasteiger partial charge in [0.2, 0.25) is 0 Å². The van der Waals surface area contributed by atoms with E-state index in [1.807, 2.05) is 18.2 Å². The maximum Gasteiger partial charge on any atom is 0.257 e. The lowest BCUT2D eigenvalue weighted by molar-refractivity contribution is -0.123. The number of carbonyl (C=O) groups is 1. The number of rotatable bonds is 1. The third-order valence-corrected chi connectivity index (χ3v) is 9.35. The van der Waals surface area contributed by atoms with Gasteiger partial charge in [-0.05, 0) is 48.6 Å². The molecule has 6 aliphatic rings. The van der Waals surface area contributed by atoms with Gasteiger partial charge in [0.05, 0.1) is 18.8 Å². The van der Waals surface area contributed by atoms with Crippen molar-refractivity contribution >= 4 is 17.7 Å². The Hall–Kier alpha value is -2.69. The number of amides is 1. The number of nitrogens with zero attached hydrogens (tertiary/aromatic N) is 2. The summed E-state index contributed by atoms with van der Waals surface area (Å²) in [5, 5.41) is 0. The molecule has 6 atom stereocenters. The van der Waals surface area contributed by atoms with Crippen LogP contribution in [0.1, 0.15) is 24.0 Å². The highest BCUT2D eigenvalue weighted by atomic mass is 16.5. The average Bonchev–Trinajstić information content (AvgIpc) is 3.29. The molecule has 4 fully saturated rings. The largest absolute Gasteiger partial charge is 0.369 e. The van der Waals surface area contributed by atoms with E-state index in [0.717, 1.165) is 36.3 Å². The van der Waals surface area contributed by atoms with Gasteiger partial charge >= 0.3 is 0 Å². The molecule has 5 aliphatic heterocycles. The van der Waals surface area contributed by atoms with Crippen molar-refractivity contribution in [3.05, 3.63) is 82.9 Å². The first-order valence-corrected chi connectivity index (χ1v) is 12.0. The summed E-state index contributed by atoms with van der Waals surface area (Å²) < 4.78 is 6.57. The van der Waals surface area contributed by atoms with Gasteiger partial charge in [-0.1, -0.05) is 60.2 Å². The number of hydrogen-bond donors (Lipinski definition) is 0. The molecule has 2 aromatic carbocycles. The first kappa shape index (κ1) is 17.8. The number of fused-ring (bicyclic) bond motifs is 2. The van der Waals surface area contributed by atoms with E-state index in [0.29, 0.717) is 24.5 Å². The smallest absolute Gasteiger partial charge is 0.257 e. The number of benzene rings is 2. The van der Waals surface area contributed by atoms with E-state index in [1.165, 1.54) is 12.0 Å². The second-order valence-corrected chi connectivity index (χ2v) is 10.4. The summed E-state index contributed by atoms with van der Waals surface area (Å²) in [6.07, 6.45) is 6.63. The van der Waals surface area contributed by atoms with Crippen LogP contribution in [0.2, 0.25) is 0 Å². The Bertz CT molecular complexity index is 1220. The highest BCUT2D eigenvalue weighted by Gasteiger charge is 2.71. The molecule has 3 saturated heterocycles. The van der Waals surface area contributed by atoms with E-state index in [9.17, 15) is 4.79 Å². The van der Waals surface area contributed by atoms with Gasteiger partial charge in [0.15, 0.2) is 0 Å². The number of para-hydroxylation sites is 1. The maximum absolute atomic E-state index is 14.2. The van der Waals surface area contributed by atoms with Crippen molar-refractivity contribution < 1.29 is 9.53 Å². The first-order chi connectivity index (χ1) is 15.8. The molecule has 5 heterocycles. The predicted molar refractivity (Wildman–Crippen MR) is 123 cm³/mol. The molecule has 0 N–H and O–H groups in total. The SMILES string of the molecule is O=C1C(=Cc2ccccc2)[C@@H]2OCC=C3CN4CC[C@]56c7ccccc7N1[C@H]5[C@H]2[C@H]3C[C@H]46. The molecule has 1 saturated carbocycles. The lowest BCUT2D eigenvalue weighted by Gasteiger charge is -2.59. The molecule has 4 nitrogen and oxygen atoms in total. The molecule has 2 bridgehead atoms. The summed E-state index contributed by atoms with van der Waals surface area (Å²) >= 11 is 0. The minimum atomic E-state index is -0.137. The number of piperidine rings is 2. The van der Waals surface area contributed by atoms with E-state index < -0.39 is 0 Å². The molecule has 1 aliphatic carbocycles. The third-order valence-electron chi connectivity index (χ3n) is 9.35. The van der Waals surface area contributed by atoms with Crippen LogP contribution in [0.5, 0.6) is 0 Å². The third kappa shape index (κ3) is 1.96. The zero-order valence-corrected chi connectivity index (χ0v) is 18.0. The Morgan fingerprint density at radius 3 is 2.81 bits per heavy atom. The van der Waals surface area contributed by atoms with Crippen LogP contribution in [0, 0.1) is 11.8 Å². The lowest BCUT2D eigenvalue weighted by atomic mass is 9.53. The summed E-state index contributed by atoms with van der Waals surface area (Å²) in [5.41, 5.74) is 6.04. The molecule has 0 aromatic heterocycles. The molecule has 0 unspecified atom stereocenters. The first-order valence-electron chi connectivity index (χ1n) is 12.0. The fourth-order valence-corrected chi connectivity index (χ4v) is 8.31. The number of carbonyl (C=O) groups excluding carboxylic acids is 1. The molecule has 4 heteroatoms. The molecular formula is C28H26N2O2. The molecule has 1 spiro atoms. The van der Waals surface area contributed by atoms with Crippen molar-refractivity contribution in [3.63, 3.8) is 0 Å². The van der Waals surface area contributed by atoms with Crippen LogP contribution in [-0.4, -0.2) is 48.7 Å². The second kappa shape index (κ2) is 6.00. The van der Waals surface area contributed by atoms with Gasteiger partial charge in [-0.15, -0.1) is 0 Å². The molecule has 1 amide bonds. The van der Waals surface area contributed by atoms with E-state index in [1.54, 1.807) is 5.57 Å². The van der Waals surface area contributed by atoms with Crippen molar-refractivity contribution in [2.75, 3.05) is 24.6 Å². The van der Waals surface area contributed by atoms with Gasteiger partial charge in [0.25, 0.3) is 5.91 Å². The van der Waals surface area contributed by atoms with E-state index >= 15 is 0 Å².